The van der Waals surface area contributed by atoms with Crippen LogP contribution < -0.4 is 10.0 Å². The molecule has 168 valence electrons. The largest absolute Gasteiger partial charge is 0.454 e. The number of hydrogen-bond donors (Lipinski definition) is 2. The SMILES string of the molecule is Cc1ccc(S(=O)(=O)NC(C)C(=O)OCC(=O)Nc2nc(-c3ccc(F)cc3)cs2)cc1. The maximum Gasteiger partial charge on any atom is 0.324 e. The van der Waals surface area contributed by atoms with Crippen LogP contribution in [0.25, 0.3) is 11.3 Å². The number of anilines is 1. The molecular formula is C21H20FN3O5S2. The van der Waals surface area contributed by atoms with Crippen molar-refractivity contribution in [2.24, 2.45) is 0 Å². The van der Waals surface area contributed by atoms with Gasteiger partial charge < -0.3 is 4.74 Å². The number of aromatic nitrogens is 1. The topological polar surface area (TPSA) is 114 Å². The van der Waals surface area contributed by atoms with Crippen LogP contribution in [0.1, 0.15) is 12.5 Å². The highest BCUT2D eigenvalue weighted by atomic mass is 32.2. The third-order valence-electron chi connectivity index (χ3n) is 4.25. The number of esters is 1. The summed E-state index contributed by atoms with van der Waals surface area (Å²) in [5.41, 5.74) is 2.14. The number of sulfonamides is 1. The van der Waals surface area contributed by atoms with Gasteiger partial charge in [-0.15, -0.1) is 11.3 Å². The van der Waals surface area contributed by atoms with Crippen LogP contribution in [0.3, 0.4) is 0 Å². The molecule has 0 saturated heterocycles. The quantitative estimate of drug-likeness (QED) is 0.482. The lowest BCUT2D eigenvalue weighted by Gasteiger charge is -2.13. The smallest absolute Gasteiger partial charge is 0.324 e. The second kappa shape index (κ2) is 9.98. The van der Waals surface area contributed by atoms with Gasteiger partial charge in [-0.1, -0.05) is 17.7 Å². The first-order chi connectivity index (χ1) is 15.1. The Kier molecular flexibility index (Phi) is 7.33. The Labute approximate surface area is 188 Å². The van der Waals surface area contributed by atoms with Crippen LogP contribution in [-0.2, 0) is 24.3 Å². The van der Waals surface area contributed by atoms with E-state index in [1.165, 1.54) is 31.2 Å². The van der Waals surface area contributed by atoms with E-state index in [-0.39, 0.29) is 15.8 Å². The number of nitrogens with one attached hydrogen (secondary N) is 2. The van der Waals surface area contributed by atoms with Crippen LogP contribution in [0, 0.1) is 12.7 Å². The first kappa shape index (κ1) is 23.5. The van der Waals surface area contributed by atoms with Gasteiger partial charge in [-0.3, -0.25) is 14.9 Å². The number of thiazole rings is 1. The van der Waals surface area contributed by atoms with Gasteiger partial charge in [0.05, 0.1) is 10.6 Å². The van der Waals surface area contributed by atoms with Gasteiger partial charge in [-0.05, 0) is 50.2 Å². The normalized spacial score (nSPS) is 12.2. The van der Waals surface area contributed by atoms with Gasteiger partial charge in [0.1, 0.15) is 11.9 Å². The Balaban J connectivity index is 1.50. The molecule has 0 aliphatic heterocycles. The van der Waals surface area contributed by atoms with Crippen LogP contribution in [-0.4, -0.2) is 37.9 Å². The van der Waals surface area contributed by atoms with Crippen molar-refractivity contribution in [1.82, 2.24) is 9.71 Å². The zero-order valence-corrected chi connectivity index (χ0v) is 18.8. The van der Waals surface area contributed by atoms with Crippen molar-refractivity contribution in [3.63, 3.8) is 0 Å². The molecule has 0 spiro atoms. The summed E-state index contributed by atoms with van der Waals surface area (Å²) in [6, 6.07) is 10.7. The maximum atomic E-state index is 13.0. The summed E-state index contributed by atoms with van der Waals surface area (Å²) in [5, 5.41) is 4.46. The second-order valence-electron chi connectivity index (χ2n) is 6.86. The van der Waals surface area contributed by atoms with E-state index in [1.54, 1.807) is 29.6 Å². The molecule has 3 aromatic rings. The Morgan fingerprint density at radius 2 is 1.78 bits per heavy atom. The minimum atomic E-state index is -3.92. The molecule has 0 radical (unpaired) electrons. The van der Waals surface area contributed by atoms with E-state index in [4.69, 9.17) is 4.74 Å². The summed E-state index contributed by atoms with van der Waals surface area (Å²) in [5.74, 6) is -1.90. The predicted molar refractivity (Wildman–Crippen MR) is 118 cm³/mol. The monoisotopic (exact) mass is 477 g/mol. The fourth-order valence-electron chi connectivity index (χ4n) is 2.57. The predicted octanol–water partition coefficient (Wildman–Crippen LogP) is 3.11. The minimum absolute atomic E-state index is 0.0150. The fourth-order valence-corrected chi connectivity index (χ4v) is 4.50. The summed E-state index contributed by atoms with van der Waals surface area (Å²) < 4.78 is 44.8. The lowest BCUT2D eigenvalue weighted by atomic mass is 10.2. The second-order valence-corrected chi connectivity index (χ2v) is 9.43. The molecular weight excluding hydrogens is 457 g/mol. The molecule has 0 bridgehead atoms. The molecule has 0 saturated carbocycles. The molecule has 2 aromatic carbocycles. The highest BCUT2D eigenvalue weighted by molar-refractivity contribution is 7.89. The summed E-state index contributed by atoms with van der Waals surface area (Å²) in [7, 11) is -3.92. The third kappa shape index (κ3) is 6.19. The Bertz CT molecular complexity index is 1210. The highest BCUT2D eigenvalue weighted by Crippen LogP contribution is 2.25. The van der Waals surface area contributed by atoms with E-state index in [2.05, 4.69) is 15.0 Å². The van der Waals surface area contributed by atoms with Crippen molar-refractivity contribution >= 4 is 38.4 Å². The average Bonchev–Trinajstić information content (AvgIpc) is 3.20. The van der Waals surface area contributed by atoms with Gasteiger partial charge in [-0.2, -0.15) is 4.72 Å². The number of nitrogens with zero attached hydrogens (tertiary/aromatic N) is 1. The Hall–Kier alpha value is -3.15. The summed E-state index contributed by atoms with van der Waals surface area (Å²) >= 11 is 1.15. The van der Waals surface area contributed by atoms with Crippen molar-refractivity contribution in [2.75, 3.05) is 11.9 Å². The molecule has 0 fully saturated rings. The number of benzene rings is 2. The zero-order valence-electron chi connectivity index (χ0n) is 17.2. The average molecular weight is 478 g/mol. The van der Waals surface area contributed by atoms with Crippen molar-refractivity contribution < 1.29 is 27.1 Å². The van der Waals surface area contributed by atoms with Crippen molar-refractivity contribution in [1.29, 1.82) is 0 Å². The Morgan fingerprint density at radius 1 is 1.12 bits per heavy atom. The van der Waals surface area contributed by atoms with Crippen LogP contribution in [0.4, 0.5) is 9.52 Å². The lowest BCUT2D eigenvalue weighted by molar-refractivity contribution is -0.148. The summed E-state index contributed by atoms with van der Waals surface area (Å²) in [6.45, 7) is 2.53. The van der Waals surface area contributed by atoms with E-state index >= 15 is 0 Å². The molecule has 1 atom stereocenters. The summed E-state index contributed by atoms with van der Waals surface area (Å²) in [4.78, 5) is 28.4. The van der Waals surface area contributed by atoms with Gasteiger partial charge in [-0.25, -0.2) is 17.8 Å². The number of hydrogen-bond acceptors (Lipinski definition) is 7. The number of rotatable bonds is 8. The number of amides is 1. The third-order valence-corrected chi connectivity index (χ3v) is 6.57. The molecule has 1 unspecified atom stereocenters. The van der Waals surface area contributed by atoms with Gasteiger partial charge >= 0.3 is 5.97 Å². The maximum absolute atomic E-state index is 13.0. The van der Waals surface area contributed by atoms with E-state index in [0.717, 1.165) is 16.9 Å². The number of aryl methyl sites for hydroxylation is 1. The minimum Gasteiger partial charge on any atom is -0.454 e. The van der Waals surface area contributed by atoms with E-state index in [0.29, 0.717) is 11.3 Å². The number of halogens is 1. The standard InChI is InChI=1S/C21H20FN3O5S2/c1-13-3-9-17(10-4-13)32(28,29)25-14(2)20(27)30-11-19(26)24-21-23-18(12-31-21)15-5-7-16(22)8-6-15/h3-10,12,14,25H,11H2,1-2H3,(H,23,24,26). The molecule has 0 aliphatic carbocycles. The lowest BCUT2D eigenvalue weighted by Crippen LogP contribution is -2.40. The van der Waals surface area contributed by atoms with E-state index in [9.17, 15) is 22.4 Å². The fraction of sp³-hybridized carbons (Fsp3) is 0.190. The van der Waals surface area contributed by atoms with Gasteiger partial charge in [0.15, 0.2) is 11.7 Å². The number of carbonyl (C=O) groups excluding carboxylic acids is 2. The summed E-state index contributed by atoms with van der Waals surface area (Å²) in [6.07, 6.45) is 0. The van der Waals surface area contributed by atoms with Gasteiger partial charge in [0.2, 0.25) is 10.0 Å². The molecule has 8 nitrogen and oxygen atoms in total. The van der Waals surface area contributed by atoms with Crippen LogP contribution in [0.5, 0.6) is 0 Å². The van der Waals surface area contributed by atoms with Crippen molar-refractivity contribution in [2.45, 2.75) is 24.8 Å². The van der Waals surface area contributed by atoms with Gasteiger partial charge in [0.25, 0.3) is 5.91 Å². The highest BCUT2D eigenvalue weighted by Gasteiger charge is 2.23. The van der Waals surface area contributed by atoms with Gasteiger partial charge in [0, 0.05) is 10.9 Å². The first-order valence-electron chi connectivity index (χ1n) is 9.41. The molecule has 1 heterocycles. The molecule has 3 rings (SSSR count). The number of ether oxygens (including phenoxy) is 1. The van der Waals surface area contributed by atoms with E-state index < -0.39 is 34.5 Å². The van der Waals surface area contributed by atoms with Crippen molar-refractivity contribution in [3.8, 4) is 11.3 Å². The zero-order chi connectivity index (χ0) is 23.3. The first-order valence-corrected chi connectivity index (χ1v) is 11.8. The van der Waals surface area contributed by atoms with Crippen molar-refractivity contribution in [3.05, 3.63) is 65.3 Å². The number of carbonyl (C=O) groups is 2. The molecule has 1 aromatic heterocycles. The molecule has 32 heavy (non-hydrogen) atoms. The van der Waals surface area contributed by atoms with Crippen LogP contribution in [0.15, 0.2) is 58.8 Å². The van der Waals surface area contributed by atoms with Crippen LogP contribution >= 0.6 is 11.3 Å². The molecule has 1 amide bonds. The molecule has 11 heteroatoms. The van der Waals surface area contributed by atoms with Crippen LogP contribution in [0.2, 0.25) is 0 Å². The molecule has 0 aliphatic rings. The van der Waals surface area contributed by atoms with E-state index in [1.807, 2.05) is 6.92 Å². The molecule has 2 N–H and O–H groups in total. The Morgan fingerprint density at radius 3 is 2.44 bits per heavy atom.